The fourth-order valence-electron chi connectivity index (χ4n) is 4.07. The molecule has 0 bridgehead atoms. The van der Waals surface area contributed by atoms with E-state index in [1.54, 1.807) is 48.0 Å². The van der Waals surface area contributed by atoms with E-state index in [1.807, 2.05) is 13.0 Å². The summed E-state index contributed by atoms with van der Waals surface area (Å²) in [5, 5.41) is 4.49. The van der Waals surface area contributed by atoms with E-state index in [2.05, 4.69) is 5.10 Å². The van der Waals surface area contributed by atoms with Gasteiger partial charge in [-0.1, -0.05) is 12.1 Å². The van der Waals surface area contributed by atoms with Gasteiger partial charge in [-0.15, -0.1) is 0 Å². The first-order valence-corrected chi connectivity index (χ1v) is 12.3. The van der Waals surface area contributed by atoms with Gasteiger partial charge in [0.25, 0.3) is 0 Å². The van der Waals surface area contributed by atoms with E-state index >= 15 is 0 Å². The largest absolute Gasteiger partial charge is 0.461 e. The van der Waals surface area contributed by atoms with Crippen molar-refractivity contribution in [2.24, 2.45) is 0 Å². The molecule has 1 fully saturated rings. The molecule has 0 N–H and O–H groups in total. The molecule has 0 amide bonds. The maximum absolute atomic E-state index is 13.5. The number of hydrogen-bond acceptors (Lipinski definition) is 5. The molecule has 0 unspecified atom stereocenters. The standard InChI is InChI=1S/C24H26FN3O4S/c1-3-32-24(29)22-16-23(18-7-9-19(25)10-8-18)28(26-22)20-11-13-27(14-12-20)33(30,31)21-6-4-5-17(2)15-21/h4-10,15-16,20H,3,11-14H2,1-2H3. The number of carbonyl (C=O) groups excluding carboxylic acids is 1. The van der Waals surface area contributed by atoms with Gasteiger partial charge >= 0.3 is 5.97 Å². The monoisotopic (exact) mass is 471 g/mol. The number of rotatable bonds is 6. The van der Waals surface area contributed by atoms with E-state index in [4.69, 9.17) is 4.74 Å². The number of aromatic nitrogens is 2. The zero-order valence-electron chi connectivity index (χ0n) is 18.6. The van der Waals surface area contributed by atoms with Crippen LogP contribution in [0.2, 0.25) is 0 Å². The van der Waals surface area contributed by atoms with Crippen molar-refractivity contribution in [1.29, 1.82) is 0 Å². The molecule has 0 spiro atoms. The van der Waals surface area contributed by atoms with E-state index in [-0.39, 0.29) is 29.1 Å². The van der Waals surface area contributed by atoms with Crippen LogP contribution in [0.25, 0.3) is 11.3 Å². The third-order valence-electron chi connectivity index (χ3n) is 5.76. The van der Waals surface area contributed by atoms with Crippen LogP contribution in [-0.4, -0.2) is 48.2 Å². The molecule has 2 aromatic carbocycles. The first kappa shape index (κ1) is 23.1. The molecule has 2 heterocycles. The minimum absolute atomic E-state index is 0.114. The summed E-state index contributed by atoms with van der Waals surface area (Å²) in [6.45, 7) is 4.48. The minimum atomic E-state index is -3.58. The van der Waals surface area contributed by atoms with Crippen molar-refractivity contribution in [1.82, 2.24) is 14.1 Å². The Hall–Kier alpha value is -3.04. The highest BCUT2D eigenvalue weighted by molar-refractivity contribution is 7.89. The molecule has 9 heteroatoms. The molecule has 1 saturated heterocycles. The lowest BCUT2D eigenvalue weighted by molar-refractivity contribution is 0.0517. The van der Waals surface area contributed by atoms with Gasteiger partial charge in [0.15, 0.2) is 5.69 Å². The third-order valence-corrected chi connectivity index (χ3v) is 7.65. The van der Waals surface area contributed by atoms with Gasteiger partial charge in [0.05, 0.1) is 23.2 Å². The predicted molar refractivity (Wildman–Crippen MR) is 122 cm³/mol. The topological polar surface area (TPSA) is 81.5 Å². The van der Waals surface area contributed by atoms with Crippen molar-refractivity contribution in [3.63, 3.8) is 0 Å². The van der Waals surface area contributed by atoms with Crippen LogP contribution in [0.3, 0.4) is 0 Å². The molecule has 1 aromatic heterocycles. The lowest BCUT2D eigenvalue weighted by Crippen LogP contribution is -2.39. The quantitative estimate of drug-likeness (QED) is 0.504. The van der Waals surface area contributed by atoms with E-state index in [1.165, 1.54) is 16.4 Å². The Morgan fingerprint density at radius 1 is 1.12 bits per heavy atom. The molecule has 1 aliphatic rings. The minimum Gasteiger partial charge on any atom is -0.461 e. The molecular weight excluding hydrogens is 445 g/mol. The van der Waals surface area contributed by atoms with E-state index < -0.39 is 16.0 Å². The van der Waals surface area contributed by atoms with Gasteiger partial charge in [0, 0.05) is 18.7 Å². The van der Waals surface area contributed by atoms with Crippen molar-refractivity contribution in [2.75, 3.05) is 19.7 Å². The summed E-state index contributed by atoms with van der Waals surface area (Å²) in [6.07, 6.45) is 1.06. The summed E-state index contributed by atoms with van der Waals surface area (Å²) in [6, 6.07) is 14.4. The number of carbonyl (C=O) groups is 1. The second kappa shape index (κ2) is 9.44. The number of hydrogen-bond donors (Lipinski definition) is 0. The van der Waals surface area contributed by atoms with Crippen LogP contribution in [0, 0.1) is 12.7 Å². The predicted octanol–water partition coefficient (Wildman–Crippen LogP) is 4.20. The van der Waals surface area contributed by atoms with Crippen LogP contribution in [0.15, 0.2) is 59.5 Å². The Morgan fingerprint density at radius 2 is 1.82 bits per heavy atom. The third kappa shape index (κ3) is 4.84. The first-order valence-electron chi connectivity index (χ1n) is 10.9. The van der Waals surface area contributed by atoms with Crippen LogP contribution >= 0.6 is 0 Å². The number of sulfonamides is 1. The molecule has 7 nitrogen and oxygen atoms in total. The lowest BCUT2D eigenvalue weighted by atomic mass is 10.1. The fraction of sp³-hybridized carbons (Fsp3) is 0.333. The molecule has 174 valence electrons. The summed E-state index contributed by atoms with van der Waals surface area (Å²) in [7, 11) is -3.58. The van der Waals surface area contributed by atoms with Gasteiger partial charge in [-0.3, -0.25) is 4.68 Å². The smallest absolute Gasteiger partial charge is 0.358 e. The number of ether oxygens (including phenoxy) is 1. The number of nitrogens with zero attached hydrogens (tertiary/aromatic N) is 3. The Morgan fingerprint density at radius 3 is 2.45 bits per heavy atom. The highest BCUT2D eigenvalue weighted by Crippen LogP contribution is 2.32. The Kier molecular flexibility index (Phi) is 6.62. The van der Waals surface area contributed by atoms with Crippen molar-refractivity contribution < 1.29 is 22.3 Å². The summed E-state index contributed by atoms with van der Waals surface area (Å²) in [5.74, 6) is -0.885. The van der Waals surface area contributed by atoms with Gasteiger partial charge in [-0.2, -0.15) is 9.40 Å². The lowest BCUT2D eigenvalue weighted by Gasteiger charge is -2.32. The van der Waals surface area contributed by atoms with Crippen LogP contribution in [-0.2, 0) is 14.8 Å². The van der Waals surface area contributed by atoms with Gasteiger partial charge in [0.1, 0.15) is 5.82 Å². The van der Waals surface area contributed by atoms with Gasteiger partial charge in [-0.05, 0) is 74.7 Å². The SMILES string of the molecule is CCOC(=O)c1cc(-c2ccc(F)cc2)n(C2CCN(S(=O)(=O)c3cccc(C)c3)CC2)n1. The molecule has 3 aromatic rings. The van der Waals surface area contributed by atoms with Crippen LogP contribution in [0.4, 0.5) is 4.39 Å². The second-order valence-electron chi connectivity index (χ2n) is 8.04. The fourth-order valence-corrected chi connectivity index (χ4v) is 5.64. The number of aryl methyl sites for hydroxylation is 1. The highest BCUT2D eigenvalue weighted by atomic mass is 32.2. The normalized spacial score (nSPS) is 15.5. The van der Waals surface area contributed by atoms with E-state index in [0.717, 1.165) is 5.56 Å². The zero-order chi connectivity index (χ0) is 23.6. The number of halogens is 1. The van der Waals surface area contributed by atoms with E-state index in [9.17, 15) is 17.6 Å². The van der Waals surface area contributed by atoms with Crippen LogP contribution in [0.5, 0.6) is 0 Å². The summed E-state index contributed by atoms with van der Waals surface area (Å²) >= 11 is 0. The molecule has 33 heavy (non-hydrogen) atoms. The number of benzene rings is 2. The molecule has 0 aliphatic carbocycles. The van der Waals surface area contributed by atoms with Crippen LogP contribution < -0.4 is 0 Å². The van der Waals surface area contributed by atoms with Crippen molar-refractivity contribution in [3.05, 3.63) is 71.7 Å². The van der Waals surface area contributed by atoms with Crippen molar-refractivity contribution >= 4 is 16.0 Å². The van der Waals surface area contributed by atoms with E-state index in [0.29, 0.717) is 37.2 Å². The Labute approximate surface area is 192 Å². The Bertz CT molecular complexity index is 1250. The van der Waals surface area contributed by atoms with Crippen molar-refractivity contribution in [3.8, 4) is 11.3 Å². The number of piperidine rings is 1. The molecule has 0 atom stereocenters. The summed E-state index contributed by atoms with van der Waals surface area (Å²) in [5.41, 5.74) is 2.44. The van der Waals surface area contributed by atoms with Crippen molar-refractivity contribution in [2.45, 2.75) is 37.6 Å². The maximum atomic E-state index is 13.5. The van der Waals surface area contributed by atoms with Crippen LogP contribution in [0.1, 0.15) is 41.9 Å². The second-order valence-corrected chi connectivity index (χ2v) is 9.98. The maximum Gasteiger partial charge on any atom is 0.358 e. The number of esters is 1. The highest BCUT2D eigenvalue weighted by Gasteiger charge is 2.32. The van der Waals surface area contributed by atoms with Gasteiger partial charge in [-0.25, -0.2) is 17.6 Å². The average molecular weight is 472 g/mol. The first-order chi connectivity index (χ1) is 15.8. The molecule has 0 saturated carbocycles. The molecule has 4 rings (SSSR count). The van der Waals surface area contributed by atoms with Gasteiger partial charge in [0.2, 0.25) is 10.0 Å². The molecule has 1 aliphatic heterocycles. The van der Waals surface area contributed by atoms with Gasteiger partial charge < -0.3 is 4.74 Å². The summed E-state index contributed by atoms with van der Waals surface area (Å²) < 4.78 is 47.9. The summed E-state index contributed by atoms with van der Waals surface area (Å²) in [4.78, 5) is 12.6. The Balaban J connectivity index is 1.59. The average Bonchev–Trinajstić information content (AvgIpc) is 3.25. The molecular formula is C24H26FN3O4S. The zero-order valence-corrected chi connectivity index (χ0v) is 19.4. The molecule has 0 radical (unpaired) electrons.